The zero-order valence-corrected chi connectivity index (χ0v) is 27.3. The predicted octanol–water partition coefficient (Wildman–Crippen LogP) is 8.36. The van der Waals surface area contributed by atoms with Gasteiger partial charge >= 0.3 is 5.91 Å². The maximum absolute atomic E-state index is 13.5. The molecule has 1 aromatic heterocycles. The third kappa shape index (κ3) is 6.75. The van der Waals surface area contributed by atoms with Crippen LogP contribution in [0.5, 0.6) is 11.5 Å². The molecule has 2 N–H and O–H groups in total. The number of thioether (sulfide) groups is 1. The summed E-state index contributed by atoms with van der Waals surface area (Å²) in [6.07, 6.45) is 0. The number of nitrogens with zero attached hydrogens (tertiary/aromatic N) is 3. The van der Waals surface area contributed by atoms with Gasteiger partial charge in [-0.1, -0.05) is 94.3 Å². The number of aliphatic hydroxyl groups is 1. The van der Waals surface area contributed by atoms with E-state index in [0.29, 0.717) is 43.6 Å². The van der Waals surface area contributed by atoms with Gasteiger partial charge in [0.05, 0.1) is 11.6 Å². The quantitative estimate of drug-likeness (QED) is 0.0522. The first kappa shape index (κ1) is 31.6. The molecule has 1 fully saturated rings. The van der Waals surface area contributed by atoms with Gasteiger partial charge in [0.25, 0.3) is 5.78 Å². The molecule has 12 heteroatoms. The van der Waals surface area contributed by atoms with Gasteiger partial charge in [0.15, 0.2) is 4.34 Å². The van der Waals surface area contributed by atoms with Gasteiger partial charge in [0, 0.05) is 21.4 Å². The highest BCUT2D eigenvalue weighted by Crippen LogP contribution is 2.44. The zero-order valence-electron chi connectivity index (χ0n) is 24.2. The van der Waals surface area contributed by atoms with Crippen LogP contribution < -0.4 is 9.64 Å². The van der Waals surface area contributed by atoms with Gasteiger partial charge < -0.3 is 14.9 Å². The Labute approximate surface area is 282 Å². The van der Waals surface area contributed by atoms with E-state index in [1.807, 2.05) is 37.3 Å². The van der Waals surface area contributed by atoms with E-state index in [4.69, 9.17) is 27.9 Å². The lowest BCUT2D eigenvalue weighted by Gasteiger charge is -2.22. The molecular weight excluding hydrogens is 665 g/mol. The molecule has 5 aromatic rings. The van der Waals surface area contributed by atoms with Crippen LogP contribution in [0.3, 0.4) is 0 Å². The highest BCUT2D eigenvalue weighted by molar-refractivity contribution is 8.00. The van der Waals surface area contributed by atoms with Crippen molar-refractivity contribution in [2.45, 2.75) is 29.7 Å². The summed E-state index contributed by atoms with van der Waals surface area (Å²) in [6, 6.07) is 24.9. The van der Waals surface area contributed by atoms with E-state index in [1.54, 1.807) is 48.5 Å². The second-order valence-corrected chi connectivity index (χ2v) is 13.5. The Morgan fingerprint density at radius 1 is 0.978 bits per heavy atom. The molecule has 46 heavy (non-hydrogen) atoms. The van der Waals surface area contributed by atoms with Gasteiger partial charge in [-0.15, -0.1) is 10.2 Å². The van der Waals surface area contributed by atoms with Gasteiger partial charge in [-0.2, -0.15) is 0 Å². The van der Waals surface area contributed by atoms with Crippen LogP contribution >= 0.6 is 46.3 Å². The number of rotatable bonds is 9. The van der Waals surface area contributed by atoms with Crippen molar-refractivity contribution in [1.29, 1.82) is 0 Å². The van der Waals surface area contributed by atoms with Crippen LogP contribution in [-0.2, 0) is 21.9 Å². The molecule has 1 atom stereocenters. The second-order valence-electron chi connectivity index (χ2n) is 10.4. The highest BCUT2D eigenvalue weighted by atomic mass is 35.5. The number of phenols is 1. The number of carbonyl (C=O) groups is 2. The smallest absolute Gasteiger partial charge is 0.301 e. The van der Waals surface area contributed by atoms with Crippen LogP contribution in [0.25, 0.3) is 5.76 Å². The fourth-order valence-corrected chi connectivity index (χ4v) is 7.40. The van der Waals surface area contributed by atoms with Crippen molar-refractivity contribution in [3.05, 3.63) is 134 Å². The van der Waals surface area contributed by atoms with E-state index < -0.39 is 17.7 Å². The molecule has 232 valence electrons. The number of aromatic hydroxyl groups is 1. The van der Waals surface area contributed by atoms with Crippen LogP contribution in [-0.4, -0.2) is 32.1 Å². The Balaban J connectivity index is 1.29. The van der Waals surface area contributed by atoms with Crippen molar-refractivity contribution in [1.82, 2.24) is 10.2 Å². The first-order valence-corrected chi connectivity index (χ1v) is 16.5. The molecule has 2 heterocycles. The number of benzene rings is 4. The number of carbonyl (C=O) groups excluding carboxylic acids is 2. The first-order valence-electron chi connectivity index (χ1n) is 14.0. The molecule has 4 aromatic carbocycles. The highest BCUT2D eigenvalue weighted by Gasteiger charge is 2.48. The molecule has 1 saturated heterocycles. The van der Waals surface area contributed by atoms with Crippen LogP contribution in [0.1, 0.15) is 33.9 Å². The number of ether oxygens (including phenoxy) is 1. The van der Waals surface area contributed by atoms with Crippen molar-refractivity contribution >= 4 is 68.9 Å². The largest absolute Gasteiger partial charge is 0.508 e. The number of hydrogen-bond donors (Lipinski definition) is 2. The number of amides is 1. The molecule has 1 unspecified atom stereocenters. The third-order valence-corrected chi connectivity index (χ3v) is 9.93. The normalized spacial score (nSPS) is 15.8. The first-order chi connectivity index (χ1) is 22.2. The van der Waals surface area contributed by atoms with E-state index in [0.717, 1.165) is 28.0 Å². The number of hydrogen-bond acceptors (Lipinski definition) is 9. The summed E-state index contributed by atoms with van der Waals surface area (Å²) in [6.45, 7) is 2.38. The molecule has 0 aliphatic carbocycles. The van der Waals surface area contributed by atoms with Crippen molar-refractivity contribution in [2.24, 2.45) is 0 Å². The molecule has 0 saturated carbocycles. The number of aliphatic hydroxyl groups excluding tert-OH is 1. The minimum atomic E-state index is -1.02. The summed E-state index contributed by atoms with van der Waals surface area (Å²) in [5.74, 6) is -1.00. The third-order valence-electron chi connectivity index (χ3n) is 7.24. The summed E-state index contributed by atoms with van der Waals surface area (Å²) in [4.78, 5) is 28.3. The summed E-state index contributed by atoms with van der Waals surface area (Å²) in [5, 5.41) is 31.1. The topological polar surface area (TPSA) is 113 Å². The Hall–Kier alpha value is -4.35. The fraction of sp³-hybridized carbons (Fsp3) is 0.118. The van der Waals surface area contributed by atoms with Gasteiger partial charge in [0.2, 0.25) is 5.13 Å². The van der Waals surface area contributed by atoms with Crippen LogP contribution in [0.2, 0.25) is 10.0 Å². The Kier molecular flexibility index (Phi) is 9.32. The number of ketones is 1. The molecule has 0 radical (unpaired) electrons. The van der Waals surface area contributed by atoms with Crippen molar-refractivity contribution < 1.29 is 24.5 Å². The maximum Gasteiger partial charge on any atom is 0.301 e. The van der Waals surface area contributed by atoms with Crippen LogP contribution in [0.4, 0.5) is 5.13 Å². The lowest BCUT2D eigenvalue weighted by Crippen LogP contribution is -2.29. The van der Waals surface area contributed by atoms with Crippen LogP contribution in [0.15, 0.2) is 101 Å². The molecule has 6 rings (SSSR count). The van der Waals surface area contributed by atoms with E-state index in [1.165, 1.54) is 28.8 Å². The number of aromatic nitrogens is 2. The van der Waals surface area contributed by atoms with E-state index in [2.05, 4.69) is 10.2 Å². The second kappa shape index (κ2) is 13.6. The lowest BCUT2D eigenvalue weighted by molar-refractivity contribution is -0.132. The zero-order chi connectivity index (χ0) is 32.4. The van der Waals surface area contributed by atoms with E-state index >= 15 is 0 Å². The summed E-state index contributed by atoms with van der Waals surface area (Å²) < 4.78 is 6.45. The predicted molar refractivity (Wildman–Crippen MR) is 181 cm³/mol. The van der Waals surface area contributed by atoms with Crippen molar-refractivity contribution in [2.75, 3.05) is 4.90 Å². The lowest BCUT2D eigenvalue weighted by atomic mass is 9.95. The van der Waals surface area contributed by atoms with E-state index in [-0.39, 0.29) is 22.2 Å². The summed E-state index contributed by atoms with van der Waals surface area (Å²) in [5.41, 5.74) is 3.72. The summed E-state index contributed by atoms with van der Waals surface area (Å²) >= 11 is 14.8. The fourth-order valence-electron chi connectivity index (χ4n) is 4.97. The molecule has 1 amide bonds. The molecular formula is C34H25Cl2N3O5S2. The average Bonchev–Trinajstić information content (AvgIpc) is 3.61. The Bertz CT molecular complexity index is 1960. The van der Waals surface area contributed by atoms with Crippen molar-refractivity contribution in [3.8, 4) is 11.5 Å². The number of anilines is 1. The Morgan fingerprint density at radius 3 is 2.46 bits per heavy atom. The molecule has 0 spiro atoms. The average molecular weight is 691 g/mol. The monoisotopic (exact) mass is 689 g/mol. The molecule has 8 nitrogen and oxygen atoms in total. The number of halogens is 2. The minimum absolute atomic E-state index is 0.0115. The number of phenolic OH excluding ortho intramolecular Hbond substituents is 1. The van der Waals surface area contributed by atoms with Gasteiger partial charge in [0.1, 0.15) is 23.9 Å². The van der Waals surface area contributed by atoms with Gasteiger partial charge in [-0.25, -0.2) is 0 Å². The number of Topliss-reactive ketones (excluding diaryl/α,β-unsaturated/α-hetero) is 1. The summed E-state index contributed by atoms with van der Waals surface area (Å²) in [7, 11) is 0. The van der Waals surface area contributed by atoms with E-state index in [9.17, 15) is 19.8 Å². The molecule has 1 aliphatic rings. The SMILES string of the molecule is Cc1cccc(COc2ccc(/C(O)=C3\C(=O)C(=O)N(c4nnc(SCc5ccc(Cl)cc5Cl)s4)C3c3ccc(O)cc3)cc2)c1. The standard InChI is InChI=1S/C34H25Cl2N3O5S2/c1-19-3-2-4-20(15-19)17-44-26-13-8-22(9-14-26)30(41)28-29(21-6-11-25(40)12-7-21)39(32(43)31(28)42)33-37-38-34(46-33)45-18-23-5-10-24(35)16-27(23)36/h2-16,29,40-41H,17-18H2,1H3/b30-28+. The van der Waals surface area contributed by atoms with Gasteiger partial charge in [-0.05, 0) is 72.1 Å². The van der Waals surface area contributed by atoms with Crippen LogP contribution in [0, 0.1) is 6.92 Å². The minimum Gasteiger partial charge on any atom is -0.508 e. The molecule has 0 bridgehead atoms. The molecule has 1 aliphatic heterocycles. The number of aryl methyl sites for hydroxylation is 1. The maximum atomic E-state index is 13.5. The van der Waals surface area contributed by atoms with Gasteiger partial charge in [-0.3, -0.25) is 14.5 Å². The van der Waals surface area contributed by atoms with Crippen molar-refractivity contribution in [3.63, 3.8) is 0 Å². The Morgan fingerprint density at radius 2 is 1.74 bits per heavy atom.